The lowest BCUT2D eigenvalue weighted by Crippen LogP contribution is -2.49. The number of nitrogens with zero attached hydrogens (tertiary/aromatic N) is 2. The van der Waals surface area contributed by atoms with Crippen LogP contribution in [0.25, 0.3) is 11.1 Å². The third-order valence-electron chi connectivity index (χ3n) is 5.01. The van der Waals surface area contributed by atoms with Gasteiger partial charge in [-0.15, -0.1) is 0 Å². The van der Waals surface area contributed by atoms with Crippen molar-refractivity contribution < 1.29 is 23.5 Å². The Labute approximate surface area is 168 Å². The van der Waals surface area contributed by atoms with Crippen LogP contribution in [0.15, 0.2) is 24.3 Å². The molecule has 1 aliphatic heterocycles. The summed E-state index contributed by atoms with van der Waals surface area (Å²) in [5.41, 5.74) is 1.31. The van der Waals surface area contributed by atoms with E-state index in [4.69, 9.17) is 4.74 Å². The van der Waals surface area contributed by atoms with Gasteiger partial charge in [-0.3, -0.25) is 9.59 Å². The third kappa shape index (κ3) is 4.22. The van der Waals surface area contributed by atoms with Crippen molar-refractivity contribution >= 4 is 17.7 Å². The number of rotatable bonds is 5. The molecule has 2 aromatic rings. The normalized spacial score (nSPS) is 14.7. The number of hydrogen-bond donors (Lipinski definition) is 1. The van der Waals surface area contributed by atoms with Crippen LogP contribution in [-0.2, 0) is 9.53 Å². The molecule has 0 unspecified atom stereocenters. The maximum Gasteiger partial charge on any atom is 0.340 e. The van der Waals surface area contributed by atoms with Crippen LogP contribution in [0.4, 0.5) is 4.39 Å². The van der Waals surface area contributed by atoms with Crippen molar-refractivity contribution in [3.05, 3.63) is 47.0 Å². The number of aryl methyl sites for hydroxylation is 1. The van der Waals surface area contributed by atoms with Gasteiger partial charge in [0, 0.05) is 37.4 Å². The number of halogens is 1. The molecule has 1 aliphatic rings. The van der Waals surface area contributed by atoms with Gasteiger partial charge in [-0.25, -0.2) is 9.18 Å². The Bertz CT molecular complexity index is 928. The number of ether oxygens (including phenoxy) is 1. The van der Waals surface area contributed by atoms with Crippen molar-refractivity contribution in [2.24, 2.45) is 0 Å². The van der Waals surface area contributed by atoms with Crippen LogP contribution >= 0.6 is 0 Å². The standard InChI is InChI=1S/C21H24FN3O4/c1-4-29-21(28)16-13(2)23-18(17(16)14-5-7-15(22)8-6-14)19(26)20(27)25-11-9-24(3)10-12-25/h5-8,23H,4,9-12H2,1-3H3. The maximum absolute atomic E-state index is 13.4. The Balaban J connectivity index is 2.04. The van der Waals surface area contributed by atoms with E-state index in [1.165, 1.54) is 29.2 Å². The Morgan fingerprint density at radius 3 is 2.31 bits per heavy atom. The van der Waals surface area contributed by atoms with E-state index in [-0.39, 0.29) is 23.4 Å². The third-order valence-corrected chi connectivity index (χ3v) is 5.01. The smallest absolute Gasteiger partial charge is 0.340 e. The second kappa shape index (κ2) is 8.57. The van der Waals surface area contributed by atoms with Crippen LogP contribution in [-0.4, -0.2) is 72.3 Å². The zero-order valence-electron chi connectivity index (χ0n) is 16.8. The average Bonchev–Trinajstić information content (AvgIpc) is 3.05. The molecule has 7 nitrogen and oxygen atoms in total. The summed E-state index contributed by atoms with van der Waals surface area (Å²) < 4.78 is 18.5. The van der Waals surface area contributed by atoms with Gasteiger partial charge >= 0.3 is 5.97 Å². The van der Waals surface area contributed by atoms with E-state index < -0.39 is 23.5 Å². The zero-order valence-corrected chi connectivity index (χ0v) is 16.8. The lowest BCUT2D eigenvalue weighted by molar-refractivity contribution is -0.127. The molecule has 3 rings (SSSR count). The van der Waals surface area contributed by atoms with E-state index in [0.717, 1.165) is 0 Å². The van der Waals surface area contributed by atoms with Crippen LogP contribution in [0, 0.1) is 12.7 Å². The van der Waals surface area contributed by atoms with Crippen LogP contribution < -0.4 is 0 Å². The van der Waals surface area contributed by atoms with E-state index >= 15 is 0 Å². The van der Waals surface area contributed by atoms with Gasteiger partial charge in [0.1, 0.15) is 11.5 Å². The Kier molecular flexibility index (Phi) is 6.12. The van der Waals surface area contributed by atoms with Gasteiger partial charge in [-0.2, -0.15) is 0 Å². The van der Waals surface area contributed by atoms with Crippen LogP contribution in [0.1, 0.15) is 33.5 Å². The van der Waals surface area contributed by atoms with Gasteiger partial charge < -0.3 is 19.5 Å². The number of Topliss-reactive ketones (excluding diaryl/α,β-unsaturated/α-hetero) is 1. The number of amides is 1. The first-order chi connectivity index (χ1) is 13.8. The number of aromatic nitrogens is 1. The summed E-state index contributed by atoms with van der Waals surface area (Å²) in [5, 5.41) is 0. The largest absolute Gasteiger partial charge is 0.462 e. The molecule has 0 radical (unpaired) electrons. The van der Waals surface area contributed by atoms with Crippen molar-refractivity contribution in [2.75, 3.05) is 39.8 Å². The Morgan fingerprint density at radius 2 is 1.72 bits per heavy atom. The van der Waals surface area contributed by atoms with Gasteiger partial charge in [0.2, 0.25) is 0 Å². The summed E-state index contributed by atoms with van der Waals surface area (Å²) in [6.07, 6.45) is 0. The maximum atomic E-state index is 13.4. The topological polar surface area (TPSA) is 82.7 Å². The van der Waals surface area contributed by atoms with Crippen molar-refractivity contribution in [1.29, 1.82) is 0 Å². The first kappa shape index (κ1) is 20.7. The molecule has 1 fully saturated rings. The molecule has 1 amide bonds. The van der Waals surface area contributed by atoms with Crippen molar-refractivity contribution in [3.8, 4) is 11.1 Å². The summed E-state index contributed by atoms with van der Waals surface area (Å²) in [5.74, 6) is -2.41. The van der Waals surface area contributed by atoms with Crippen LogP contribution in [0.5, 0.6) is 0 Å². The molecule has 0 saturated carbocycles. The highest BCUT2D eigenvalue weighted by atomic mass is 19.1. The summed E-state index contributed by atoms with van der Waals surface area (Å²) in [6, 6.07) is 5.42. The Morgan fingerprint density at radius 1 is 1.10 bits per heavy atom. The van der Waals surface area contributed by atoms with Gasteiger partial charge in [0.15, 0.2) is 0 Å². The monoisotopic (exact) mass is 401 g/mol. The number of ketones is 1. The highest BCUT2D eigenvalue weighted by Gasteiger charge is 2.32. The molecule has 29 heavy (non-hydrogen) atoms. The lowest BCUT2D eigenvalue weighted by atomic mass is 9.98. The second-order valence-electron chi connectivity index (χ2n) is 7.03. The number of nitrogens with one attached hydrogen (secondary N) is 1. The molecule has 0 spiro atoms. The summed E-state index contributed by atoms with van der Waals surface area (Å²) >= 11 is 0. The molecular weight excluding hydrogens is 377 g/mol. The van der Waals surface area contributed by atoms with E-state index in [1.807, 2.05) is 7.05 Å². The number of piperazine rings is 1. The zero-order chi connectivity index (χ0) is 21.1. The minimum Gasteiger partial charge on any atom is -0.462 e. The lowest BCUT2D eigenvalue weighted by Gasteiger charge is -2.31. The molecule has 1 N–H and O–H groups in total. The van der Waals surface area contributed by atoms with Crippen molar-refractivity contribution in [1.82, 2.24) is 14.8 Å². The molecular formula is C21H24FN3O4. The predicted molar refractivity (Wildman–Crippen MR) is 105 cm³/mol. The Hall–Kier alpha value is -3.00. The fourth-order valence-electron chi connectivity index (χ4n) is 3.42. The molecule has 0 bridgehead atoms. The summed E-state index contributed by atoms with van der Waals surface area (Å²) in [4.78, 5) is 44.9. The molecule has 2 heterocycles. The highest BCUT2D eigenvalue weighted by Crippen LogP contribution is 2.32. The second-order valence-corrected chi connectivity index (χ2v) is 7.03. The first-order valence-electron chi connectivity index (χ1n) is 9.51. The van der Waals surface area contributed by atoms with Crippen molar-refractivity contribution in [2.45, 2.75) is 13.8 Å². The van der Waals surface area contributed by atoms with Gasteiger partial charge in [-0.05, 0) is 38.6 Å². The highest BCUT2D eigenvalue weighted by molar-refractivity contribution is 6.43. The first-order valence-corrected chi connectivity index (χ1v) is 9.51. The number of aromatic amines is 1. The molecule has 1 aromatic carbocycles. The number of hydrogen-bond acceptors (Lipinski definition) is 5. The molecule has 0 atom stereocenters. The minimum absolute atomic E-state index is 0.0149. The van der Waals surface area contributed by atoms with Crippen molar-refractivity contribution in [3.63, 3.8) is 0 Å². The predicted octanol–water partition coefficient (Wildman–Crippen LogP) is 2.26. The summed E-state index contributed by atoms with van der Waals surface area (Å²) in [7, 11) is 1.95. The summed E-state index contributed by atoms with van der Waals surface area (Å²) in [6.45, 7) is 5.75. The molecule has 1 aromatic heterocycles. The molecule has 0 aliphatic carbocycles. The molecule has 1 saturated heterocycles. The fourth-order valence-corrected chi connectivity index (χ4v) is 3.42. The number of H-pyrrole nitrogens is 1. The van der Waals surface area contributed by atoms with E-state index in [0.29, 0.717) is 37.4 Å². The van der Waals surface area contributed by atoms with E-state index in [1.54, 1.807) is 13.8 Å². The van der Waals surface area contributed by atoms with Gasteiger partial charge in [-0.1, -0.05) is 12.1 Å². The SMILES string of the molecule is CCOC(=O)c1c(C)[nH]c(C(=O)C(=O)N2CCN(C)CC2)c1-c1ccc(F)cc1. The number of likely N-dealkylation sites (N-methyl/N-ethyl adjacent to an activating group) is 1. The quantitative estimate of drug-likeness (QED) is 0.472. The number of carbonyl (C=O) groups excluding carboxylic acids is 3. The number of benzene rings is 1. The molecule has 154 valence electrons. The number of esters is 1. The number of carbonyl (C=O) groups is 3. The van der Waals surface area contributed by atoms with Crippen LogP contribution in [0.2, 0.25) is 0 Å². The van der Waals surface area contributed by atoms with Gasteiger partial charge in [0.05, 0.1) is 12.2 Å². The molecule has 8 heteroatoms. The van der Waals surface area contributed by atoms with E-state index in [2.05, 4.69) is 9.88 Å². The minimum atomic E-state index is -0.729. The average molecular weight is 401 g/mol. The van der Waals surface area contributed by atoms with E-state index in [9.17, 15) is 18.8 Å². The fraction of sp³-hybridized carbons (Fsp3) is 0.381. The van der Waals surface area contributed by atoms with Gasteiger partial charge in [0.25, 0.3) is 11.7 Å². The van der Waals surface area contributed by atoms with Crippen LogP contribution in [0.3, 0.4) is 0 Å².